The third-order valence-corrected chi connectivity index (χ3v) is 6.07. The van der Waals surface area contributed by atoms with Crippen LogP contribution >= 0.6 is 0 Å². The molecule has 0 radical (unpaired) electrons. The first kappa shape index (κ1) is 15.0. The maximum atomic E-state index is 4.31. The number of hydrogen-bond acceptors (Lipinski definition) is 1. The minimum Gasteiger partial charge on any atom is -0.372 e. The van der Waals surface area contributed by atoms with Crippen molar-refractivity contribution in [2.75, 3.05) is 13.1 Å². The van der Waals surface area contributed by atoms with Crippen LogP contribution in [0.5, 0.6) is 0 Å². The Labute approximate surface area is 115 Å². The Morgan fingerprint density at radius 2 is 1.83 bits per heavy atom. The second-order valence-corrected chi connectivity index (χ2v) is 7.56. The minimum atomic E-state index is -0.194. The van der Waals surface area contributed by atoms with Crippen molar-refractivity contribution in [3.05, 3.63) is 36.4 Å². The molecule has 0 aromatic heterocycles. The Morgan fingerprint density at radius 1 is 1.22 bits per heavy atom. The van der Waals surface area contributed by atoms with E-state index in [-0.39, 0.29) is 9.52 Å². The highest BCUT2D eigenvalue weighted by atomic mass is 28.2. The van der Waals surface area contributed by atoms with Crippen LogP contribution in [0, 0.1) is 0 Å². The Hall–Kier alpha value is -1.02. The molecule has 0 bridgehead atoms. The van der Waals surface area contributed by atoms with E-state index < -0.39 is 0 Å². The summed E-state index contributed by atoms with van der Waals surface area (Å²) in [7, 11) is -0.194. The fraction of sp³-hybridized carbons (Fsp3) is 0.500. The van der Waals surface area contributed by atoms with E-state index >= 15 is 0 Å². The average Bonchev–Trinajstić information content (AvgIpc) is 2.40. The molecule has 18 heavy (non-hydrogen) atoms. The third kappa shape index (κ3) is 3.74. The lowest BCUT2D eigenvalue weighted by Gasteiger charge is -2.25. The van der Waals surface area contributed by atoms with Crippen molar-refractivity contribution in [1.29, 1.82) is 0 Å². The lowest BCUT2D eigenvalue weighted by atomic mass is 10.1. The molecule has 2 heteroatoms. The summed E-state index contributed by atoms with van der Waals surface area (Å²) in [6.07, 6.45) is 1.29. The van der Waals surface area contributed by atoms with Crippen LogP contribution in [0.25, 0.3) is 5.70 Å². The van der Waals surface area contributed by atoms with Crippen LogP contribution in [0.3, 0.4) is 0 Å². The highest BCUT2D eigenvalue weighted by molar-refractivity contribution is 6.56. The smallest absolute Gasteiger partial charge is 0.0584 e. The first-order chi connectivity index (χ1) is 8.63. The molecule has 0 aliphatic heterocycles. The number of hydrogen-bond donors (Lipinski definition) is 0. The monoisotopic (exact) mass is 261 g/mol. The molecule has 1 aromatic carbocycles. The summed E-state index contributed by atoms with van der Waals surface area (Å²) >= 11 is 0. The van der Waals surface area contributed by atoms with Gasteiger partial charge < -0.3 is 4.90 Å². The maximum absolute atomic E-state index is 4.31. The summed E-state index contributed by atoms with van der Waals surface area (Å²) < 4.78 is 0. The Bertz CT molecular complexity index is 382. The zero-order valence-corrected chi connectivity index (χ0v) is 13.8. The summed E-state index contributed by atoms with van der Waals surface area (Å²) in [5, 5.41) is 1.57. The highest BCUT2D eigenvalue weighted by Crippen LogP contribution is 2.16. The standard InChI is InChI=1S/C16H27NSi/c1-6-13(4)18-16-12-10-9-11-15(16)14(5)17(7-2)8-3/h9-13H,5-8,18H2,1-4H3. The van der Waals surface area contributed by atoms with Crippen molar-refractivity contribution in [3.8, 4) is 0 Å². The van der Waals surface area contributed by atoms with Crippen molar-refractivity contribution >= 4 is 20.4 Å². The van der Waals surface area contributed by atoms with E-state index in [9.17, 15) is 0 Å². The lowest BCUT2D eigenvalue weighted by molar-refractivity contribution is 0.443. The van der Waals surface area contributed by atoms with Crippen LogP contribution in [-0.4, -0.2) is 27.5 Å². The quantitative estimate of drug-likeness (QED) is 0.682. The molecule has 1 rings (SSSR count). The van der Waals surface area contributed by atoms with Crippen LogP contribution < -0.4 is 5.19 Å². The molecule has 0 heterocycles. The molecule has 0 aliphatic carbocycles. The molecule has 0 aliphatic rings. The van der Waals surface area contributed by atoms with Crippen molar-refractivity contribution in [3.63, 3.8) is 0 Å². The predicted octanol–water partition coefficient (Wildman–Crippen LogP) is 3.01. The molecule has 1 atom stereocenters. The average molecular weight is 261 g/mol. The van der Waals surface area contributed by atoms with E-state index in [1.165, 1.54) is 17.7 Å². The van der Waals surface area contributed by atoms with Crippen molar-refractivity contribution in [2.24, 2.45) is 0 Å². The van der Waals surface area contributed by atoms with Gasteiger partial charge in [-0.2, -0.15) is 0 Å². The summed E-state index contributed by atoms with van der Waals surface area (Å²) in [6.45, 7) is 15.4. The van der Waals surface area contributed by atoms with Crippen LogP contribution in [0.1, 0.15) is 39.7 Å². The molecule has 0 fully saturated rings. The maximum Gasteiger partial charge on any atom is 0.0584 e. The van der Waals surface area contributed by atoms with Gasteiger partial charge in [0.2, 0.25) is 0 Å². The number of nitrogens with zero attached hydrogens (tertiary/aromatic N) is 1. The van der Waals surface area contributed by atoms with Gasteiger partial charge in [0.15, 0.2) is 0 Å². The summed E-state index contributed by atoms with van der Waals surface area (Å²) in [5.74, 6) is 0. The van der Waals surface area contributed by atoms with Gasteiger partial charge in [0, 0.05) is 18.8 Å². The molecule has 1 nitrogen and oxygen atoms in total. The van der Waals surface area contributed by atoms with Gasteiger partial charge in [0.1, 0.15) is 0 Å². The van der Waals surface area contributed by atoms with Crippen LogP contribution in [0.4, 0.5) is 0 Å². The van der Waals surface area contributed by atoms with Crippen molar-refractivity contribution in [1.82, 2.24) is 4.90 Å². The van der Waals surface area contributed by atoms with Crippen LogP contribution in [0.15, 0.2) is 30.8 Å². The zero-order chi connectivity index (χ0) is 13.5. The fourth-order valence-electron chi connectivity index (χ4n) is 2.28. The van der Waals surface area contributed by atoms with E-state index in [0.29, 0.717) is 0 Å². The SMILES string of the molecule is C=C(c1ccccc1[SiH2]C(C)CC)N(CC)CC. The van der Waals surface area contributed by atoms with Gasteiger partial charge in [0.05, 0.1) is 9.52 Å². The van der Waals surface area contributed by atoms with Gasteiger partial charge in [-0.05, 0) is 25.0 Å². The Balaban J connectivity index is 2.97. The molecule has 1 unspecified atom stereocenters. The first-order valence-corrected chi connectivity index (χ1v) is 8.68. The normalized spacial score (nSPS) is 12.9. The Morgan fingerprint density at radius 3 is 2.39 bits per heavy atom. The van der Waals surface area contributed by atoms with Gasteiger partial charge in [0.25, 0.3) is 0 Å². The van der Waals surface area contributed by atoms with E-state index in [1.807, 2.05) is 0 Å². The third-order valence-electron chi connectivity index (χ3n) is 3.74. The molecular formula is C16H27NSi. The van der Waals surface area contributed by atoms with Gasteiger partial charge in [-0.25, -0.2) is 0 Å². The van der Waals surface area contributed by atoms with Crippen molar-refractivity contribution in [2.45, 2.75) is 39.7 Å². The molecule has 0 saturated heterocycles. The van der Waals surface area contributed by atoms with E-state index in [2.05, 4.69) is 63.4 Å². The summed E-state index contributed by atoms with van der Waals surface area (Å²) in [6, 6.07) is 8.86. The van der Waals surface area contributed by atoms with Crippen LogP contribution in [-0.2, 0) is 0 Å². The number of rotatable bonds is 7. The zero-order valence-electron chi connectivity index (χ0n) is 12.4. The van der Waals surface area contributed by atoms with Gasteiger partial charge in [-0.1, -0.05) is 56.3 Å². The molecule has 100 valence electrons. The second kappa shape index (κ2) is 7.42. The molecular weight excluding hydrogens is 234 g/mol. The predicted molar refractivity (Wildman–Crippen MR) is 86.3 cm³/mol. The lowest BCUT2D eigenvalue weighted by Crippen LogP contribution is -2.28. The second-order valence-electron chi connectivity index (χ2n) is 4.99. The molecule has 0 spiro atoms. The Kier molecular flexibility index (Phi) is 6.20. The van der Waals surface area contributed by atoms with E-state index in [0.717, 1.165) is 18.6 Å². The molecule has 0 amide bonds. The van der Waals surface area contributed by atoms with Gasteiger partial charge in [-0.15, -0.1) is 0 Å². The topological polar surface area (TPSA) is 3.24 Å². The molecule has 0 N–H and O–H groups in total. The van der Waals surface area contributed by atoms with Gasteiger partial charge >= 0.3 is 0 Å². The van der Waals surface area contributed by atoms with Crippen molar-refractivity contribution < 1.29 is 0 Å². The molecule has 0 saturated carbocycles. The first-order valence-electron chi connectivity index (χ1n) is 7.16. The van der Waals surface area contributed by atoms with E-state index in [1.54, 1.807) is 5.19 Å². The fourth-order valence-corrected chi connectivity index (χ4v) is 4.13. The summed E-state index contributed by atoms with van der Waals surface area (Å²) in [4.78, 5) is 2.35. The molecule has 1 aromatic rings. The minimum absolute atomic E-state index is 0.194. The van der Waals surface area contributed by atoms with Gasteiger partial charge in [-0.3, -0.25) is 0 Å². The highest BCUT2D eigenvalue weighted by Gasteiger charge is 2.12. The largest absolute Gasteiger partial charge is 0.372 e. The number of benzene rings is 1. The van der Waals surface area contributed by atoms with Crippen LogP contribution in [0.2, 0.25) is 5.54 Å². The summed E-state index contributed by atoms with van der Waals surface area (Å²) in [5.41, 5.74) is 3.45. The van der Waals surface area contributed by atoms with E-state index in [4.69, 9.17) is 0 Å².